The highest BCUT2D eigenvalue weighted by Crippen LogP contribution is 2.49. The molecule has 0 saturated carbocycles. The van der Waals surface area contributed by atoms with Crippen LogP contribution in [0, 0.1) is 0 Å². The number of hydrogen-bond donors (Lipinski definition) is 0. The average molecular weight is 508 g/mol. The fourth-order valence-corrected chi connectivity index (χ4v) is 6.35. The van der Waals surface area contributed by atoms with E-state index in [4.69, 9.17) is 0 Å². The molecule has 3 heteroatoms. The van der Waals surface area contributed by atoms with Gasteiger partial charge in [-0.2, -0.15) is 0 Å². The zero-order valence-corrected chi connectivity index (χ0v) is 22.6. The van der Waals surface area contributed by atoms with Gasteiger partial charge >= 0.3 is 0 Å². The van der Waals surface area contributed by atoms with E-state index in [0.717, 1.165) is 25.9 Å². The summed E-state index contributed by atoms with van der Waals surface area (Å²) >= 11 is 0. The van der Waals surface area contributed by atoms with Gasteiger partial charge in [0.05, 0.1) is 11.4 Å². The summed E-state index contributed by atoms with van der Waals surface area (Å²) in [7, 11) is 0. The second-order valence-electron chi connectivity index (χ2n) is 10.4. The molecule has 0 bridgehead atoms. The summed E-state index contributed by atoms with van der Waals surface area (Å²) < 4.78 is 0. The molecule has 192 valence electrons. The van der Waals surface area contributed by atoms with E-state index < -0.39 is 0 Å². The van der Waals surface area contributed by atoms with Crippen LogP contribution in [0.25, 0.3) is 0 Å². The van der Waals surface area contributed by atoms with Crippen molar-refractivity contribution in [2.45, 2.75) is 26.7 Å². The standard InChI is InChI=1S/C36H33N3/c1-3-37(4-2)30-23-31(38-33-17-9-5-13-26(33)21-27-14-6-10-18-34(27)38)25-32(24-30)39-35-19-11-7-15-28(35)22-29-16-8-12-20-36(29)39/h5-20,23-25H,3-4,21-22H2,1-2H3. The van der Waals surface area contributed by atoms with Gasteiger partial charge in [0.1, 0.15) is 0 Å². The molecule has 0 aliphatic carbocycles. The summed E-state index contributed by atoms with van der Waals surface area (Å²) in [5.41, 5.74) is 14.1. The molecule has 0 N–H and O–H groups in total. The maximum atomic E-state index is 2.46. The predicted octanol–water partition coefficient (Wildman–Crippen LogP) is 9.28. The topological polar surface area (TPSA) is 9.72 Å². The highest BCUT2D eigenvalue weighted by molar-refractivity contribution is 5.90. The first-order valence-corrected chi connectivity index (χ1v) is 14.1. The zero-order chi connectivity index (χ0) is 26.3. The van der Waals surface area contributed by atoms with Gasteiger partial charge in [-0.1, -0.05) is 72.8 Å². The third-order valence-electron chi connectivity index (χ3n) is 8.22. The van der Waals surface area contributed by atoms with E-state index in [1.807, 2.05) is 0 Å². The van der Waals surface area contributed by atoms with Gasteiger partial charge in [0, 0.05) is 54.4 Å². The van der Waals surface area contributed by atoms with E-state index >= 15 is 0 Å². The molecule has 2 aliphatic rings. The summed E-state index contributed by atoms with van der Waals surface area (Å²) in [6.45, 7) is 6.40. The molecule has 2 aliphatic heterocycles. The molecule has 39 heavy (non-hydrogen) atoms. The Labute approximate surface area is 231 Å². The molecule has 5 aromatic carbocycles. The van der Waals surface area contributed by atoms with Gasteiger partial charge in [0.15, 0.2) is 0 Å². The van der Waals surface area contributed by atoms with E-state index in [-0.39, 0.29) is 0 Å². The molecule has 0 fully saturated rings. The van der Waals surface area contributed by atoms with Crippen molar-refractivity contribution < 1.29 is 0 Å². The second kappa shape index (κ2) is 9.67. The van der Waals surface area contributed by atoms with Crippen molar-refractivity contribution in [1.82, 2.24) is 0 Å². The van der Waals surface area contributed by atoms with Crippen LogP contribution in [0.5, 0.6) is 0 Å². The molecule has 0 spiro atoms. The van der Waals surface area contributed by atoms with Crippen LogP contribution in [-0.2, 0) is 12.8 Å². The second-order valence-corrected chi connectivity index (χ2v) is 10.4. The normalized spacial score (nSPS) is 13.3. The molecule has 0 amide bonds. The molecule has 0 saturated heterocycles. The molecule has 5 aromatic rings. The number of para-hydroxylation sites is 4. The smallest absolute Gasteiger partial charge is 0.0503 e. The first-order chi connectivity index (χ1) is 19.2. The minimum atomic E-state index is 0.957. The number of fused-ring (bicyclic) bond motifs is 4. The van der Waals surface area contributed by atoms with Crippen LogP contribution in [0.2, 0.25) is 0 Å². The molecule has 2 heterocycles. The fraction of sp³-hybridized carbons (Fsp3) is 0.167. The van der Waals surface area contributed by atoms with Crippen LogP contribution in [0.1, 0.15) is 36.1 Å². The summed E-state index contributed by atoms with van der Waals surface area (Å²) in [5.74, 6) is 0. The first kappa shape index (κ1) is 23.6. The lowest BCUT2D eigenvalue weighted by Crippen LogP contribution is -2.24. The van der Waals surface area contributed by atoms with Crippen molar-refractivity contribution in [2.24, 2.45) is 0 Å². The van der Waals surface area contributed by atoms with Gasteiger partial charge in [-0.15, -0.1) is 0 Å². The van der Waals surface area contributed by atoms with Gasteiger partial charge in [0.2, 0.25) is 0 Å². The summed E-state index contributed by atoms with van der Waals surface area (Å²) in [6.07, 6.45) is 1.91. The Morgan fingerprint density at radius 1 is 0.487 bits per heavy atom. The van der Waals surface area contributed by atoms with Crippen molar-refractivity contribution in [2.75, 3.05) is 27.8 Å². The molecule has 3 nitrogen and oxygen atoms in total. The van der Waals surface area contributed by atoms with Gasteiger partial charge in [-0.05, 0) is 78.6 Å². The van der Waals surface area contributed by atoms with Gasteiger partial charge in [-0.3, -0.25) is 0 Å². The van der Waals surface area contributed by atoms with E-state index in [9.17, 15) is 0 Å². The lowest BCUT2D eigenvalue weighted by molar-refractivity contribution is 0.866. The minimum absolute atomic E-state index is 0.957. The Kier molecular flexibility index (Phi) is 5.85. The average Bonchev–Trinajstić information content (AvgIpc) is 2.99. The van der Waals surface area contributed by atoms with Gasteiger partial charge in [-0.25, -0.2) is 0 Å². The van der Waals surface area contributed by atoms with E-state index in [1.54, 1.807) is 0 Å². The molecular formula is C36H33N3. The maximum absolute atomic E-state index is 2.46. The molecule has 0 radical (unpaired) electrons. The van der Waals surface area contributed by atoms with E-state index in [1.165, 1.54) is 62.1 Å². The van der Waals surface area contributed by atoms with Gasteiger partial charge < -0.3 is 14.7 Å². The van der Waals surface area contributed by atoms with Crippen molar-refractivity contribution >= 4 is 39.8 Å². The van der Waals surface area contributed by atoms with Crippen LogP contribution < -0.4 is 14.7 Å². The Hall–Kier alpha value is -4.50. The number of anilines is 7. The summed E-state index contributed by atoms with van der Waals surface area (Å²) in [6, 6.07) is 42.5. The SMILES string of the molecule is CCN(CC)c1cc(N2c3ccccc3Cc3ccccc32)cc(N2c3ccccc3Cc3ccccc32)c1. The molecule has 0 unspecified atom stereocenters. The predicted molar refractivity (Wildman–Crippen MR) is 165 cm³/mol. The van der Waals surface area contributed by atoms with Crippen LogP contribution in [-0.4, -0.2) is 13.1 Å². The van der Waals surface area contributed by atoms with Crippen molar-refractivity contribution in [3.8, 4) is 0 Å². The number of nitrogens with zero attached hydrogens (tertiary/aromatic N) is 3. The molecular weight excluding hydrogens is 474 g/mol. The fourth-order valence-electron chi connectivity index (χ4n) is 6.35. The highest BCUT2D eigenvalue weighted by Gasteiger charge is 2.28. The number of rotatable bonds is 5. The quantitative estimate of drug-likeness (QED) is 0.230. The summed E-state index contributed by atoms with van der Waals surface area (Å²) in [5, 5.41) is 0. The highest BCUT2D eigenvalue weighted by atomic mass is 15.2. The van der Waals surface area contributed by atoms with Crippen molar-refractivity contribution in [3.05, 3.63) is 138 Å². The summed E-state index contributed by atoms with van der Waals surface area (Å²) in [4.78, 5) is 7.38. The largest absolute Gasteiger partial charge is 0.372 e. The molecule has 7 rings (SSSR count). The maximum Gasteiger partial charge on any atom is 0.0503 e. The van der Waals surface area contributed by atoms with E-state index in [2.05, 4.69) is 144 Å². The van der Waals surface area contributed by atoms with Gasteiger partial charge in [0.25, 0.3) is 0 Å². The number of benzene rings is 5. The minimum Gasteiger partial charge on any atom is -0.372 e. The van der Waals surface area contributed by atoms with Crippen LogP contribution >= 0.6 is 0 Å². The lowest BCUT2D eigenvalue weighted by Gasteiger charge is -2.37. The zero-order valence-electron chi connectivity index (χ0n) is 22.6. The molecule has 0 aromatic heterocycles. The Balaban J connectivity index is 1.49. The van der Waals surface area contributed by atoms with Crippen LogP contribution in [0.4, 0.5) is 39.8 Å². The Morgan fingerprint density at radius 2 is 0.821 bits per heavy atom. The lowest BCUT2D eigenvalue weighted by atomic mass is 9.94. The Morgan fingerprint density at radius 3 is 1.15 bits per heavy atom. The third-order valence-corrected chi connectivity index (χ3v) is 8.22. The third kappa shape index (κ3) is 3.97. The molecule has 0 atom stereocenters. The van der Waals surface area contributed by atoms with Crippen LogP contribution in [0.15, 0.2) is 115 Å². The van der Waals surface area contributed by atoms with Crippen molar-refractivity contribution in [1.29, 1.82) is 0 Å². The Bertz CT molecular complexity index is 1460. The first-order valence-electron chi connectivity index (χ1n) is 14.1. The van der Waals surface area contributed by atoms with Crippen molar-refractivity contribution in [3.63, 3.8) is 0 Å². The van der Waals surface area contributed by atoms with Crippen LogP contribution in [0.3, 0.4) is 0 Å². The number of hydrogen-bond acceptors (Lipinski definition) is 3. The monoisotopic (exact) mass is 507 g/mol. The van der Waals surface area contributed by atoms with E-state index in [0.29, 0.717) is 0 Å².